The van der Waals surface area contributed by atoms with E-state index < -0.39 is 11.0 Å². The summed E-state index contributed by atoms with van der Waals surface area (Å²) < 4.78 is 0. The molecule has 1 aliphatic heterocycles. The summed E-state index contributed by atoms with van der Waals surface area (Å²) in [5, 5.41) is 19.7. The topological polar surface area (TPSA) is 109 Å². The maximum absolute atomic E-state index is 11.7. The molecule has 0 bridgehead atoms. The van der Waals surface area contributed by atoms with Crippen LogP contribution in [0.15, 0.2) is 12.1 Å². The molecule has 8 nitrogen and oxygen atoms in total. The van der Waals surface area contributed by atoms with Gasteiger partial charge in [0.2, 0.25) is 5.91 Å². The van der Waals surface area contributed by atoms with Gasteiger partial charge in [-0.05, 0) is 19.3 Å². The fourth-order valence-corrected chi connectivity index (χ4v) is 2.13. The number of hydrogen-bond donors (Lipinski definition) is 3. The van der Waals surface area contributed by atoms with Crippen LogP contribution in [-0.4, -0.2) is 34.9 Å². The molecule has 2 heterocycles. The Labute approximate surface area is 122 Å². The third-order valence-electron chi connectivity index (χ3n) is 3.18. The quantitative estimate of drug-likeness (QED) is 0.541. The fourth-order valence-electron chi connectivity index (χ4n) is 2.13. The highest BCUT2D eigenvalue weighted by Gasteiger charge is 2.23. The molecule has 1 fully saturated rings. The highest BCUT2D eigenvalue weighted by molar-refractivity contribution is 5.85. The van der Waals surface area contributed by atoms with E-state index in [-0.39, 0.29) is 11.6 Å². The van der Waals surface area contributed by atoms with E-state index in [1.165, 1.54) is 12.1 Å². The van der Waals surface area contributed by atoms with Crippen LogP contribution >= 0.6 is 0 Å². The molecule has 114 valence electrons. The number of nitrogens with zero attached hydrogens (tertiary/aromatic N) is 2. The van der Waals surface area contributed by atoms with Gasteiger partial charge in [-0.15, -0.1) is 0 Å². The highest BCUT2D eigenvalue weighted by atomic mass is 16.6. The van der Waals surface area contributed by atoms with Crippen LogP contribution in [0.25, 0.3) is 0 Å². The summed E-state index contributed by atoms with van der Waals surface area (Å²) >= 11 is 0. The van der Waals surface area contributed by atoms with Crippen LogP contribution < -0.4 is 16.0 Å². The van der Waals surface area contributed by atoms with Gasteiger partial charge in [-0.25, -0.2) is 4.98 Å². The summed E-state index contributed by atoms with van der Waals surface area (Å²) in [5.74, 6) is 0.673. The molecule has 1 unspecified atom stereocenters. The molecule has 1 aromatic rings. The van der Waals surface area contributed by atoms with Crippen LogP contribution in [0.4, 0.5) is 17.3 Å². The lowest BCUT2D eigenvalue weighted by atomic mass is 10.1. The zero-order valence-electron chi connectivity index (χ0n) is 11.9. The van der Waals surface area contributed by atoms with E-state index in [2.05, 4.69) is 20.9 Å². The normalized spacial score (nSPS) is 18.0. The van der Waals surface area contributed by atoms with Crippen molar-refractivity contribution in [2.45, 2.75) is 32.2 Å². The summed E-state index contributed by atoms with van der Waals surface area (Å²) in [5.41, 5.74) is -0.0534. The molecular formula is C13H19N5O3. The molecule has 1 saturated heterocycles. The number of amides is 1. The van der Waals surface area contributed by atoms with Crippen molar-refractivity contribution in [3.8, 4) is 0 Å². The third-order valence-corrected chi connectivity index (χ3v) is 3.18. The lowest BCUT2D eigenvalue weighted by Gasteiger charge is -2.23. The molecule has 2 rings (SSSR count). The second-order valence-corrected chi connectivity index (χ2v) is 4.91. The molecule has 0 aliphatic carbocycles. The monoisotopic (exact) mass is 293 g/mol. The Balaban J connectivity index is 2.18. The number of pyridine rings is 1. The Morgan fingerprint density at radius 2 is 2.24 bits per heavy atom. The molecular weight excluding hydrogens is 274 g/mol. The molecule has 1 amide bonds. The van der Waals surface area contributed by atoms with Gasteiger partial charge in [0.05, 0.1) is 17.1 Å². The van der Waals surface area contributed by atoms with Crippen molar-refractivity contribution < 1.29 is 9.72 Å². The lowest BCUT2D eigenvalue weighted by molar-refractivity contribution is -0.384. The summed E-state index contributed by atoms with van der Waals surface area (Å²) in [6, 6.07) is 2.34. The first-order valence-corrected chi connectivity index (χ1v) is 7.04. The zero-order chi connectivity index (χ0) is 15.2. The number of nitro groups is 1. The predicted octanol–water partition coefficient (Wildman–Crippen LogP) is 1.50. The number of anilines is 2. The SMILES string of the molecule is CCCNc1cc([N+](=O)[O-])cc(NC2CCCNC2=O)n1. The van der Waals surface area contributed by atoms with Crippen LogP contribution in [0.2, 0.25) is 0 Å². The van der Waals surface area contributed by atoms with E-state index in [0.29, 0.717) is 31.1 Å². The van der Waals surface area contributed by atoms with E-state index in [0.717, 1.165) is 12.8 Å². The van der Waals surface area contributed by atoms with E-state index in [1.807, 2.05) is 6.92 Å². The summed E-state index contributed by atoms with van der Waals surface area (Å²) in [7, 11) is 0. The molecule has 8 heteroatoms. The van der Waals surface area contributed by atoms with Gasteiger partial charge in [0, 0.05) is 13.1 Å². The van der Waals surface area contributed by atoms with E-state index in [4.69, 9.17) is 0 Å². The van der Waals surface area contributed by atoms with Crippen LogP contribution in [-0.2, 0) is 4.79 Å². The van der Waals surface area contributed by atoms with Crippen molar-refractivity contribution in [2.24, 2.45) is 0 Å². The Morgan fingerprint density at radius 3 is 2.90 bits per heavy atom. The van der Waals surface area contributed by atoms with Crippen LogP contribution in [0.5, 0.6) is 0 Å². The van der Waals surface area contributed by atoms with Gasteiger partial charge < -0.3 is 16.0 Å². The number of aromatic nitrogens is 1. The molecule has 0 aromatic carbocycles. The Bertz CT molecular complexity index is 535. The number of carbonyl (C=O) groups is 1. The van der Waals surface area contributed by atoms with Crippen LogP contribution in [0, 0.1) is 10.1 Å². The Kier molecular flexibility index (Phi) is 4.91. The number of carbonyl (C=O) groups excluding carboxylic acids is 1. The van der Waals surface area contributed by atoms with E-state index in [1.54, 1.807) is 0 Å². The minimum absolute atomic E-state index is 0.0534. The maximum atomic E-state index is 11.7. The number of piperidine rings is 1. The van der Waals surface area contributed by atoms with Crippen molar-refractivity contribution in [1.29, 1.82) is 0 Å². The van der Waals surface area contributed by atoms with Gasteiger partial charge in [-0.1, -0.05) is 6.92 Å². The van der Waals surface area contributed by atoms with Crippen molar-refractivity contribution >= 4 is 23.2 Å². The van der Waals surface area contributed by atoms with Gasteiger partial charge >= 0.3 is 0 Å². The van der Waals surface area contributed by atoms with Crippen molar-refractivity contribution in [1.82, 2.24) is 10.3 Å². The minimum atomic E-state index is -0.467. The average Bonchev–Trinajstić information content (AvgIpc) is 2.47. The van der Waals surface area contributed by atoms with Gasteiger partial charge in [-0.3, -0.25) is 14.9 Å². The van der Waals surface area contributed by atoms with E-state index >= 15 is 0 Å². The second-order valence-electron chi connectivity index (χ2n) is 4.91. The number of hydrogen-bond acceptors (Lipinski definition) is 6. The molecule has 1 aromatic heterocycles. The molecule has 1 atom stereocenters. The van der Waals surface area contributed by atoms with Crippen molar-refractivity contribution in [3.63, 3.8) is 0 Å². The van der Waals surface area contributed by atoms with Crippen LogP contribution in [0.1, 0.15) is 26.2 Å². The first-order chi connectivity index (χ1) is 10.1. The second kappa shape index (κ2) is 6.87. The Hall–Kier alpha value is -2.38. The van der Waals surface area contributed by atoms with Crippen LogP contribution in [0.3, 0.4) is 0 Å². The number of rotatable bonds is 6. The molecule has 0 spiro atoms. The fraction of sp³-hybridized carbons (Fsp3) is 0.538. The summed E-state index contributed by atoms with van der Waals surface area (Å²) in [6.07, 6.45) is 2.45. The third kappa shape index (κ3) is 4.04. The first-order valence-electron chi connectivity index (χ1n) is 7.04. The van der Waals surface area contributed by atoms with Crippen molar-refractivity contribution in [3.05, 3.63) is 22.2 Å². The average molecular weight is 293 g/mol. The predicted molar refractivity (Wildman–Crippen MR) is 79.3 cm³/mol. The molecule has 3 N–H and O–H groups in total. The molecule has 21 heavy (non-hydrogen) atoms. The number of nitrogens with one attached hydrogen (secondary N) is 3. The van der Waals surface area contributed by atoms with Crippen molar-refractivity contribution in [2.75, 3.05) is 23.7 Å². The maximum Gasteiger partial charge on any atom is 0.276 e. The molecule has 0 radical (unpaired) electrons. The summed E-state index contributed by atoms with van der Waals surface area (Å²) in [6.45, 7) is 3.34. The van der Waals surface area contributed by atoms with Gasteiger partial charge in [0.25, 0.3) is 5.69 Å². The highest BCUT2D eigenvalue weighted by Crippen LogP contribution is 2.22. The van der Waals surface area contributed by atoms with Gasteiger partial charge in [0.15, 0.2) is 0 Å². The summed E-state index contributed by atoms with van der Waals surface area (Å²) in [4.78, 5) is 26.5. The standard InChI is InChI=1S/C13H19N5O3/c1-2-5-14-11-7-9(18(20)21)8-12(17-11)16-10-4-3-6-15-13(10)19/h7-8,10H,2-6H2,1H3,(H,15,19)(H2,14,16,17). The van der Waals surface area contributed by atoms with Gasteiger partial charge in [-0.2, -0.15) is 0 Å². The Morgan fingerprint density at radius 1 is 1.48 bits per heavy atom. The zero-order valence-corrected chi connectivity index (χ0v) is 11.9. The minimum Gasteiger partial charge on any atom is -0.370 e. The largest absolute Gasteiger partial charge is 0.370 e. The lowest BCUT2D eigenvalue weighted by Crippen LogP contribution is -2.44. The molecule has 1 aliphatic rings. The smallest absolute Gasteiger partial charge is 0.276 e. The van der Waals surface area contributed by atoms with E-state index in [9.17, 15) is 14.9 Å². The molecule has 0 saturated carbocycles. The first kappa shape index (κ1) is 15.0. The van der Waals surface area contributed by atoms with Gasteiger partial charge in [0.1, 0.15) is 17.7 Å².